The highest BCUT2D eigenvalue weighted by atomic mass is 19.4. The lowest BCUT2D eigenvalue weighted by atomic mass is 9.94. The summed E-state index contributed by atoms with van der Waals surface area (Å²) >= 11 is 0. The number of hydrogen-bond acceptors (Lipinski definition) is 3. The molecule has 1 saturated heterocycles. The van der Waals surface area contributed by atoms with E-state index in [1.54, 1.807) is 12.1 Å². The summed E-state index contributed by atoms with van der Waals surface area (Å²) < 4.78 is 140. The van der Waals surface area contributed by atoms with E-state index in [4.69, 9.17) is 4.74 Å². The molecule has 1 fully saturated rings. The highest BCUT2D eigenvalue weighted by molar-refractivity contribution is 5.67. The average molecular weight is 627 g/mol. The van der Waals surface area contributed by atoms with Gasteiger partial charge in [0.25, 0.3) is 0 Å². The lowest BCUT2D eigenvalue weighted by molar-refractivity contribution is -0.275. The lowest BCUT2D eigenvalue weighted by Crippen LogP contribution is -2.24. The molecule has 2 atom stereocenters. The van der Waals surface area contributed by atoms with Crippen LogP contribution in [0.5, 0.6) is 11.5 Å². The molecule has 0 saturated carbocycles. The first-order chi connectivity index (χ1) is 20.7. The molecule has 12 heteroatoms. The average Bonchev–Trinajstić information content (AvgIpc) is 2.95. The fourth-order valence-electron chi connectivity index (χ4n) is 4.89. The Bertz CT molecular complexity index is 1640. The van der Waals surface area contributed by atoms with Gasteiger partial charge in [-0.05, 0) is 65.8 Å². The quantitative estimate of drug-likeness (QED) is 0.191. The fourth-order valence-corrected chi connectivity index (χ4v) is 4.89. The summed E-state index contributed by atoms with van der Waals surface area (Å²) in [6.45, 7) is 2.69. The molecule has 5 rings (SSSR count). The molecule has 44 heavy (non-hydrogen) atoms. The Balaban J connectivity index is 1.33. The molecule has 0 spiro atoms. The standard InChI is InChI=1S/C32H23F9O3/c1-17-2-12-27(42-16-17)19-5-3-18(4-6-19)23-10-11-24(30(36)29(23)35)31(37,38)43-21-8-9-22(25(33)15-21)20-7-13-28(26(34)14-20)44-32(39,40)41/h3-11,13-15,17,27H,2,12,16H2,1H3. The molecule has 0 radical (unpaired) electrons. The normalized spacial score (nSPS) is 17.4. The van der Waals surface area contributed by atoms with Gasteiger partial charge < -0.3 is 14.2 Å². The maximum absolute atomic E-state index is 15.0. The first-order valence-electron chi connectivity index (χ1n) is 13.3. The predicted molar refractivity (Wildman–Crippen MR) is 142 cm³/mol. The second-order valence-electron chi connectivity index (χ2n) is 10.4. The van der Waals surface area contributed by atoms with Crippen LogP contribution in [0.1, 0.15) is 37.0 Å². The van der Waals surface area contributed by atoms with Gasteiger partial charge >= 0.3 is 12.5 Å². The number of alkyl halides is 5. The van der Waals surface area contributed by atoms with Gasteiger partial charge in [-0.25, -0.2) is 17.6 Å². The molecule has 1 aliphatic heterocycles. The van der Waals surface area contributed by atoms with Crippen LogP contribution in [0.2, 0.25) is 0 Å². The summed E-state index contributed by atoms with van der Waals surface area (Å²) in [6.07, 6.45) is -7.93. The van der Waals surface area contributed by atoms with Crippen LogP contribution in [0.3, 0.4) is 0 Å². The molecular formula is C32H23F9O3. The van der Waals surface area contributed by atoms with E-state index in [0.717, 1.165) is 42.7 Å². The second-order valence-corrected chi connectivity index (χ2v) is 10.4. The van der Waals surface area contributed by atoms with Gasteiger partial charge in [-0.15, -0.1) is 13.2 Å². The van der Waals surface area contributed by atoms with Crippen molar-refractivity contribution in [2.24, 2.45) is 5.92 Å². The SMILES string of the molecule is CC1CCC(c2ccc(-c3ccc(C(F)(F)Oc4ccc(-c5ccc(OC(F)(F)F)c(F)c5)c(F)c4)c(F)c3F)cc2)OC1. The van der Waals surface area contributed by atoms with Crippen LogP contribution in [-0.2, 0) is 10.8 Å². The van der Waals surface area contributed by atoms with E-state index in [-0.39, 0.29) is 28.4 Å². The first kappa shape index (κ1) is 31.2. The minimum absolute atomic E-state index is 0.126. The van der Waals surface area contributed by atoms with Crippen molar-refractivity contribution in [2.45, 2.75) is 38.3 Å². The van der Waals surface area contributed by atoms with Crippen LogP contribution in [0, 0.1) is 29.2 Å². The zero-order chi connectivity index (χ0) is 31.8. The fraction of sp³-hybridized carbons (Fsp3) is 0.250. The van der Waals surface area contributed by atoms with Crippen molar-refractivity contribution in [1.29, 1.82) is 0 Å². The molecule has 0 bridgehead atoms. The zero-order valence-electron chi connectivity index (χ0n) is 22.8. The van der Waals surface area contributed by atoms with Crippen molar-refractivity contribution in [1.82, 2.24) is 0 Å². The van der Waals surface area contributed by atoms with Gasteiger partial charge in [0.15, 0.2) is 23.2 Å². The number of hydrogen-bond donors (Lipinski definition) is 0. The van der Waals surface area contributed by atoms with E-state index in [1.807, 2.05) is 0 Å². The highest BCUT2D eigenvalue weighted by Gasteiger charge is 2.40. The number of ether oxygens (including phenoxy) is 3. The van der Waals surface area contributed by atoms with E-state index in [9.17, 15) is 35.1 Å². The summed E-state index contributed by atoms with van der Waals surface area (Å²) in [6, 6.07) is 12.5. The summed E-state index contributed by atoms with van der Waals surface area (Å²) in [5, 5.41) is 0. The molecule has 0 aliphatic carbocycles. The number of benzene rings is 4. The number of rotatable bonds is 7. The molecule has 4 aromatic rings. The molecule has 4 aromatic carbocycles. The van der Waals surface area contributed by atoms with E-state index in [0.29, 0.717) is 36.8 Å². The van der Waals surface area contributed by atoms with Crippen molar-refractivity contribution in [2.75, 3.05) is 6.61 Å². The lowest BCUT2D eigenvalue weighted by Gasteiger charge is -2.27. The third-order valence-corrected chi connectivity index (χ3v) is 7.15. The van der Waals surface area contributed by atoms with Crippen LogP contribution < -0.4 is 9.47 Å². The summed E-state index contributed by atoms with van der Waals surface area (Å²) in [4.78, 5) is 0. The van der Waals surface area contributed by atoms with Gasteiger partial charge in [-0.1, -0.05) is 43.3 Å². The van der Waals surface area contributed by atoms with Crippen molar-refractivity contribution < 1.29 is 53.7 Å². The Morgan fingerprint density at radius 2 is 1.36 bits per heavy atom. The molecule has 1 aliphatic rings. The van der Waals surface area contributed by atoms with Gasteiger partial charge in [0.2, 0.25) is 0 Å². The van der Waals surface area contributed by atoms with E-state index >= 15 is 4.39 Å². The van der Waals surface area contributed by atoms with Crippen molar-refractivity contribution >= 4 is 0 Å². The molecular weight excluding hydrogens is 603 g/mol. The monoisotopic (exact) mass is 626 g/mol. The highest BCUT2D eigenvalue weighted by Crippen LogP contribution is 2.39. The largest absolute Gasteiger partial charge is 0.573 e. The third kappa shape index (κ3) is 6.80. The van der Waals surface area contributed by atoms with Crippen LogP contribution in [0.25, 0.3) is 22.3 Å². The van der Waals surface area contributed by atoms with Crippen LogP contribution in [0.4, 0.5) is 39.5 Å². The van der Waals surface area contributed by atoms with Gasteiger partial charge in [-0.2, -0.15) is 8.78 Å². The Morgan fingerprint density at radius 1 is 0.682 bits per heavy atom. The number of halogens is 9. The Kier molecular flexibility index (Phi) is 8.57. The van der Waals surface area contributed by atoms with Crippen molar-refractivity contribution in [3.8, 4) is 33.8 Å². The predicted octanol–water partition coefficient (Wildman–Crippen LogP) is 10.1. The minimum Gasteiger partial charge on any atom is -0.429 e. The molecule has 0 aromatic heterocycles. The van der Waals surface area contributed by atoms with E-state index in [2.05, 4.69) is 16.4 Å². The van der Waals surface area contributed by atoms with Gasteiger partial charge in [0.05, 0.1) is 6.10 Å². The Morgan fingerprint density at radius 3 is 1.98 bits per heavy atom. The Hall–Kier alpha value is -4.19. The molecule has 2 unspecified atom stereocenters. The third-order valence-electron chi connectivity index (χ3n) is 7.15. The van der Waals surface area contributed by atoms with Crippen molar-refractivity contribution in [3.63, 3.8) is 0 Å². The van der Waals surface area contributed by atoms with Gasteiger partial charge in [-0.3, -0.25) is 0 Å². The van der Waals surface area contributed by atoms with Crippen LogP contribution in [-0.4, -0.2) is 13.0 Å². The molecule has 0 amide bonds. The first-order valence-corrected chi connectivity index (χ1v) is 13.3. The van der Waals surface area contributed by atoms with Crippen LogP contribution in [0.15, 0.2) is 72.8 Å². The molecule has 232 valence electrons. The summed E-state index contributed by atoms with van der Waals surface area (Å²) in [5.74, 6) is -7.55. The van der Waals surface area contributed by atoms with E-state index in [1.165, 1.54) is 12.1 Å². The zero-order valence-corrected chi connectivity index (χ0v) is 22.8. The molecule has 1 heterocycles. The van der Waals surface area contributed by atoms with Crippen molar-refractivity contribution in [3.05, 3.63) is 107 Å². The maximum atomic E-state index is 15.0. The van der Waals surface area contributed by atoms with Gasteiger partial charge in [0, 0.05) is 23.8 Å². The molecule has 3 nitrogen and oxygen atoms in total. The molecule has 0 N–H and O–H groups in total. The van der Waals surface area contributed by atoms with Crippen LogP contribution >= 0.6 is 0 Å². The maximum Gasteiger partial charge on any atom is 0.573 e. The summed E-state index contributed by atoms with van der Waals surface area (Å²) in [5.41, 5.74) is -1.19. The topological polar surface area (TPSA) is 27.7 Å². The Labute approximate surface area is 245 Å². The van der Waals surface area contributed by atoms with E-state index < -0.39 is 52.8 Å². The minimum atomic E-state index is -5.16. The second kappa shape index (κ2) is 12.1. The smallest absolute Gasteiger partial charge is 0.429 e. The van der Waals surface area contributed by atoms with Gasteiger partial charge in [0.1, 0.15) is 17.1 Å². The summed E-state index contributed by atoms with van der Waals surface area (Å²) in [7, 11) is 0.